The number of nitrogens with one attached hydrogen (secondary N) is 2. The summed E-state index contributed by atoms with van der Waals surface area (Å²) < 4.78 is 5.27. The molecule has 0 aliphatic rings. The minimum Gasteiger partial charge on any atom is -0.444 e. The van der Waals surface area contributed by atoms with Gasteiger partial charge in [0.15, 0.2) is 0 Å². The fraction of sp³-hybridized carbons (Fsp3) is 0.296. The van der Waals surface area contributed by atoms with Crippen LogP contribution in [0.15, 0.2) is 72.8 Å². The van der Waals surface area contributed by atoms with Crippen LogP contribution in [0.4, 0.5) is 10.5 Å². The maximum atomic E-state index is 13.5. The van der Waals surface area contributed by atoms with Crippen molar-refractivity contribution in [1.29, 1.82) is 0 Å². The van der Waals surface area contributed by atoms with E-state index in [0.717, 1.165) is 10.8 Å². The molecule has 0 heterocycles. The molecule has 0 bridgehead atoms. The lowest BCUT2D eigenvalue weighted by molar-refractivity contribution is -0.138. The molecule has 3 rings (SSSR count). The molecule has 3 aromatic carbocycles. The summed E-state index contributed by atoms with van der Waals surface area (Å²) in [4.78, 5) is 40.4. The van der Waals surface area contributed by atoms with Crippen molar-refractivity contribution in [2.75, 3.05) is 18.1 Å². The standard InChI is InChI=1S/C27H31N3O4S/c1-27(2,3)34-26(33)29-22(17-35)25(32)30(4)23(19-11-6-5-7-12-19)24(31)28-21-15-14-18-10-8-9-13-20(18)16-21/h5-16,22-23,35H,17H2,1-4H3,(H,28,31)(H,29,33). The van der Waals surface area contributed by atoms with Crippen LogP contribution in [0.2, 0.25) is 0 Å². The van der Waals surface area contributed by atoms with E-state index in [4.69, 9.17) is 4.74 Å². The molecular formula is C27H31N3O4S. The van der Waals surface area contributed by atoms with Gasteiger partial charge in [-0.1, -0.05) is 60.7 Å². The minimum absolute atomic E-state index is 0.0379. The smallest absolute Gasteiger partial charge is 0.408 e. The molecule has 0 aliphatic heterocycles. The monoisotopic (exact) mass is 493 g/mol. The SMILES string of the molecule is CN(C(=O)C(CS)NC(=O)OC(C)(C)C)C(C(=O)Nc1ccc2ccccc2c1)c1ccccc1. The summed E-state index contributed by atoms with van der Waals surface area (Å²) in [6, 6.07) is 20.6. The molecule has 3 aromatic rings. The molecule has 8 heteroatoms. The summed E-state index contributed by atoms with van der Waals surface area (Å²) in [6.07, 6.45) is -0.727. The van der Waals surface area contributed by atoms with Crippen LogP contribution in [-0.2, 0) is 14.3 Å². The topological polar surface area (TPSA) is 87.7 Å². The first-order chi connectivity index (χ1) is 16.6. The number of fused-ring (bicyclic) bond motifs is 1. The number of rotatable bonds is 7. The molecule has 3 amide bonds. The number of anilines is 1. The quantitative estimate of drug-likeness (QED) is 0.413. The van der Waals surface area contributed by atoms with Gasteiger partial charge in [-0.3, -0.25) is 9.59 Å². The number of carbonyl (C=O) groups excluding carboxylic acids is 3. The van der Waals surface area contributed by atoms with E-state index in [9.17, 15) is 14.4 Å². The highest BCUT2D eigenvalue weighted by Crippen LogP contribution is 2.25. The first-order valence-electron chi connectivity index (χ1n) is 11.3. The molecule has 0 aliphatic carbocycles. The Morgan fingerprint density at radius 3 is 2.20 bits per heavy atom. The average Bonchev–Trinajstić information content (AvgIpc) is 2.81. The number of likely N-dealkylation sites (N-methyl/N-ethyl adjacent to an activating group) is 1. The molecular weight excluding hydrogens is 462 g/mol. The predicted octanol–water partition coefficient (Wildman–Crippen LogP) is 4.80. The number of ether oxygens (including phenoxy) is 1. The second-order valence-corrected chi connectivity index (χ2v) is 9.56. The highest BCUT2D eigenvalue weighted by atomic mass is 32.1. The molecule has 184 valence electrons. The third-order valence-electron chi connectivity index (χ3n) is 5.29. The van der Waals surface area contributed by atoms with E-state index in [0.29, 0.717) is 11.3 Å². The largest absolute Gasteiger partial charge is 0.444 e. The molecule has 2 atom stereocenters. The van der Waals surface area contributed by atoms with Gasteiger partial charge in [-0.05, 0) is 49.2 Å². The molecule has 0 aromatic heterocycles. The lowest BCUT2D eigenvalue weighted by Gasteiger charge is -2.31. The predicted molar refractivity (Wildman–Crippen MR) is 142 cm³/mol. The third-order valence-corrected chi connectivity index (χ3v) is 5.65. The molecule has 7 nitrogen and oxygen atoms in total. The Bertz CT molecular complexity index is 1190. The van der Waals surface area contributed by atoms with Crippen LogP contribution in [-0.4, -0.2) is 47.3 Å². The molecule has 0 saturated carbocycles. The Morgan fingerprint density at radius 2 is 1.57 bits per heavy atom. The van der Waals surface area contributed by atoms with Crippen molar-refractivity contribution in [1.82, 2.24) is 10.2 Å². The number of hydrogen-bond donors (Lipinski definition) is 3. The molecule has 0 fully saturated rings. The molecule has 0 saturated heterocycles. The summed E-state index contributed by atoms with van der Waals surface area (Å²) in [6.45, 7) is 5.20. The highest BCUT2D eigenvalue weighted by molar-refractivity contribution is 7.80. The van der Waals surface area contributed by atoms with Crippen LogP contribution in [0, 0.1) is 0 Å². The van der Waals surface area contributed by atoms with Crippen LogP contribution >= 0.6 is 12.6 Å². The molecule has 35 heavy (non-hydrogen) atoms. The normalized spacial score (nSPS) is 12.9. The van der Waals surface area contributed by atoms with Gasteiger partial charge >= 0.3 is 6.09 Å². The van der Waals surface area contributed by atoms with Crippen LogP contribution in [0.3, 0.4) is 0 Å². The van der Waals surface area contributed by atoms with Gasteiger partial charge in [0.1, 0.15) is 17.7 Å². The summed E-state index contributed by atoms with van der Waals surface area (Å²) in [5, 5.41) is 7.54. The second-order valence-electron chi connectivity index (χ2n) is 9.19. The fourth-order valence-corrected chi connectivity index (χ4v) is 3.92. The van der Waals surface area contributed by atoms with Gasteiger partial charge in [0, 0.05) is 18.5 Å². The van der Waals surface area contributed by atoms with Gasteiger partial charge in [0.2, 0.25) is 5.91 Å². The minimum atomic E-state index is -0.974. The molecule has 2 unspecified atom stereocenters. The number of amides is 3. The van der Waals surface area contributed by atoms with E-state index < -0.39 is 29.7 Å². The summed E-state index contributed by atoms with van der Waals surface area (Å²) >= 11 is 4.24. The van der Waals surface area contributed by atoms with E-state index in [-0.39, 0.29) is 11.7 Å². The Labute approximate surface area is 211 Å². The van der Waals surface area contributed by atoms with Gasteiger partial charge in [0.05, 0.1) is 0 Å². The zero-order valence-corrected chi connectivity index (χ0v) is 21.2. The highest BCUT2D eigenvalue weighted by Gasteiger charge is 2.33. The Hall–Kier alpha value is -3.52. The van der Waals surface area contributed by atoms with Crippen LogP contribution in [0.1, 0.15) is 32.4 Å². The Kier molecular flexibility index (Phi) is 8.40. The molecule has 0 radical (unpaired) electrons. The van der Waals surface area contributed by atoms with Crippen LogP contribution in [0.25, 0.3) is 10.8 Å². The van der Waals surface area contributed by atoms with Gasteiger partial charge in [-0.25, -0.2) is 4.79 Å². The Morgan fingerprint density at radius 1 is 0.943 bits per heavy atom. The lowest BCUT2D eigenvalue weighted by Crippen LogP contribution is -2.52. The molecule has 2 N–H and O–H groups in total. The van der Waals surface area contributed by atoms with Crippen molar-refractivity contribution >= 4 is 47.0 Å². The number of benzene rings is 3. The van der Waals surface area contributed by atoms with Crippen molar-refractivity contribution in [2.24, 2.45) is 0 Å². The zero-order valence-electron chi connectivity index (χ0n) is 20.3. The Balaban J connectivity index is 1.84. The number of carbonyl (C=O) groups is 3. The zero-order chi connectivity index (χ0) is 25.6. The van der Waals surface area contributed by atoms with Crippen molar-refractivity contribution in [3.05, 3.63) is 78.4 Å². The first kappa shape index (κ1) is 26.1. The van der Waals surface area contributed by atoms with Crippen molar-refractivity contribution in [2.45, 2.75) is 38.5 Å². The van der Waals surface area contributed by atoms with E-state index in [2.05, 4.69) is 23.3 Å². The summed E-state index contributed by atoms with van der Waals surface area (Å²) in [7, 11) is 1.53. The molecule has 0 spiro atoms. The van der Waals surface area contributed by atoms with Gasteiger partial charge in [-0.15, -0.1) is 0 Å². The third kappa shape index (κ3) is 6.99. The number of thiol groups is 1. The summed E-state index contributed by atoms with van der Waals surface area (Å²) in [5.41, 5.74) is 0.539. The second kappa shape index (κ2) is 11.3. The van der Waals surface area contributed by atoms with Gasteiger partial charge in [0.25, 0.3) is 5.91 Å². The van der Waals surface area contributed by atoms with Crippen molar-refractivity contribution in [3.63, 3.8) is 0 Å². The lowest BCUT2D eigenvalue weighted by atomic mass is 10.0. The maximum absolute atomic E-state index is 13.5. The van der Waals surface area contributed by atoms with E-state index >= 15 is 0 Å². The average molecular weight is 494 g/mol. The first-order valence-corrected chi connectivity index (χ1v) is 11.9. The van der Waals surface area contributed by atoms with Crippen LogP contribution < -0.4 is 10.6 Å². The van der Waals surface area contributed by atoms with Gasteiger partial charge in [-0.2, -0.15) is 12.6 Å². The number of hydrogen-bond acceptors (Lipinski definition) is 5. The van der Waals surface area contributed by atoms with E-state index in [1.165, 1.54) is 11.9 Å². The number of alkyl carbamates (subject to hydrolysis) is 1. The van der Waals surface area contributed by atoms with Crippen LogP contribution in [0.5, 0.6) is 0 Å². The van der Waals surface area contributed by atoms with Crippen molar-refractivity contribution in [3.8, 4) is 0 Å². The van der Waals surface area contributed by atoms with Gasteiger partial charge < -0.3 is 20.3 Å². The van der Waals surface area contributed by atoms with Crippen molar-refractivity contribution < 1.29 is 19.1 Å². The fourth-order valence-electron chi connectivity index (χ4n) is 3.67. The van der Waals surface area contributed by atoms with E-state index in [1.54, 1.807) is 45.0 Å². The number of nitrogens with zero attached hydrogens (tertiary/aromatic N) is 1. The summed E-state index contributed by atoms with van der Waals surface area (Å²) in [5.74, 6) is -0.804. The van der Waals surface area contributed by atoms with E-state index in [1.807, 2.05) is 48.5 Å². The maximum Gasteiger partial charge on any atom is 0.408 e.